The van der Waals surface area contributed by atoms with Crippen LogP contribution in [-0.4, -0.2) is 9.97 Å². The average Bonchev–Trinajstić information content (AvgIpc) is 2.95. The fourth-order valence-corrected chi connectivity index (χ4v) is 3.94. The van der Waals surface area contributed by atoms with E-state index in [-0.39, 0.29) is 21.7 Å². The zero-order valence-corrected chi connectivity index (χ0v) is 14.7. The van der Waals surface area contributed by atoms with Crippen LogP contribution >= 0.6 is 24.0 Å². The molecule has 2 nitrogen and oxygen atoms in total. The minimum absolute atomic E-state index is 0.0440. The van der Waals surface area contributed by atoms with Crippen molar-refractivity contribution in [3.05, 3.63) is 41.1 Å². The van der Waals surface area contributed by atoms with Gasteiger partial charge in [0.1, 0.15) is 15.4 Å². The highest BCUT2D eigenvalue weighted by Gasteiger charge is 2.34. The number of hydrogen-bond donors (Lipinski definition) is 1. The third-order valence-corrected chi connectivity index (χ3v) is 5.27. The summed E-state index contributed by atoms with van der Waals surface area (Å²) in [4.78, 5) is 7.97. The number of alkyl halides is 6. The molecular formula is C16H10F6N2S2. The molecule has 10 heteroatoms. The summed E-state index contributed by atoms with van der Waals surface area (Å²) < 4.78 is 77.5. The molecule has 3 rings (SSSR count). The monoisotopic (exact) mass is 408 g/mol. The first-order valence-electron chi connectivity index (χ1n) is 7.28. The maximum absolute atomic E-state index is 13.0. The largest absolute Gasteiger partial charge is 0.417 e. The van der Waals surface area contributed by atoms with Gasteiger partial charge in [-0.1, -0.05) is 24.3 Å². The zero-order valence-electron chi connectivity index (χ0n) is 13.0. The van der Waals surface area contributed by atoms with Crippen molar-refractivity contribution in [2.75, 3.05) is 0 Å². The van der Waals surface area contributed by atoms with Crippen LogP contribution in [0.4, 0.5) is 26.3 Å². The van der Waals surface area contributed by atoms with E-state index < -0.39 is 23.5 Å². The summed E-state index contributed by atoms with van der Waals surface area (Å²) in [5.74, 6) is 0. The molecule has 3 aromatic rings. The number of rotatable bonds is 2. The Morgan fingerprint density at radius 3 is 2.35 bits per heavy atom. The molecule has 0 N–H and O–H groups in total. The van der Waals surface area contributed by atoms with Gasteiger partial charge in [-0.2, -0.15) is 26.3 Å². The quantitative estimate of drug-likeness (QED) is 0.401. The number of benzene rings is 1. The Labute approximate surface area is 153 Å². The Kier molecular flexibility index (Phi) is 4.68. The second kappa shape index (κ2) is 6.41. The van der Waals surface area contributed by atoms with Crippen LogP contribution in [0.1, 0.15) is 23.6 Å². The van der Waals surface area contributed by atoms with Gasteiger partial charge in [0, 0.05) is 16.7 Å². The molecule has 0 amide bonds. The van der Waals surface area contributed by atoms with Crippen molar-refractivity contribution in [1.29, 1.82) is 0 Å². The molecule has 0 saturated heterocycles. The van der Waals surface area contributed by atoms with Crippen LogP contribution < -0.4 is 0 Å². The lowest BCUT2D eigenvalue weighted by Gasteiger charge is -2.15. The van der Waals surface area contributed by atoms with Crippen LogP contribution in [0.2, 0.25) is 0 Å². The van der Waals surface area contributed by atoms with E-state index in [2.05, 4.69) is 22.6 Å². The molecule has 138 valence electrons. The molecule has 26 heavy (non-hydrogen) atoms. The standard InChI is InChI=1S/C16H10F6N2S2/c1-2-8-9(3-4-10(12(8)25)16(20,21)22)13-24-11-5-7(15(17,18)19)6-23-14(11)26-13/h3-6,25H,2H2,1H3. The van der Waals surface area contributed by atoms with Crippen LogP contribution in [0.15, 0.2) is 29.3 Å². The van der Waals surface area contributed by atoms with Crippen molar-refractivity contribution in [2.45, 2.75) is 30.6 Å². The minimum Gasteiger partial charge on any atom is -0.243 e. The summed E-state index contributed by atoms with van der Waals surface area (Å²) in [6.45, 7) is 1.67. The lowest BCUT2D eigenvalue weighted by atomic mass is 10.0. The summed E-state index contributed by atoms with van der Waals surface area (Å²) >= 11 is 5.03. The predicted molar refractivity (Wildman–Crippen MR) is 89.5 cm³/mol. The maximum Gasteiger partial charge on any atom is 0.417 e. The van der Waals surface area contributed by atoms with Crippen LogP contribution in [0.25, 0.3) is 20.9 Å². The van der Waals surface area contributed by atoms with E-state index in [4.69, 9.17) is 0 Å². The fourth-order valence-electron chi connectivity index (χ4n) is 2.52. The number of fused-ring (bicyclic) bond motifs is 1. The second-order valence-corrected chi connectivity index (χ2v) is 6.83. The van der Waals surface area contributed by atoms with Crippen LogP contribution in [-0.2, 0) is 18.8 Å². The Balaban J connectivity index is 2.16. The average molecular weight is 408 g/mol. The van der Waals surface area contributed by atoms with E-state index in [0.29, 0.717) is 22.3 Å². The highest BCUT2D eigenvalue weighted by atomic mass is 32.1. The van der Waals surface area contributed by atoms with Crippen LogP contribution in [0.3, 0.4) is 0 Å². The molecule has 0 atom stereocenters. The Morgan fingerprint density at radius 1 is 1.08 bits per heavy atom. The normalized spacial score (nSPS) is 12.8. The third kappa shape index (κ3) is 3.39. The Morgan fingerprint density at radius 2 is 1.77 bits per heavy atom. The molecule has 0 saturated carbocycles. The Bertz CT molecular complexity index is 975. The van der Waals surface area contributed by atoms with Crippen molar-refractivity contribution in [3.8, 4) is 10.6 Å². The summed E-state index contributed by atoms with van der Waals surface area (Å²) in [6.07, 6.45) is -8.13. The van der Waals surface area contributed by atoms with Crippen molar-refractivity contribution in [2.24, 2.45) is 0 Å². The molecule has 2 heterocycles. The summed E-state index contributed by atoms with van der Waals surface area (Å²) in [5, 5.41) is 0.299. The molecular weight excluding hydrogens is 398 g/mol. The molecule has 0 spiro atoms. The fraction of sp³-hybridized carbons (Fsp3) is 0.250. The van der Waals surface area contributed by atoms with Gasteiger partial charge in [-0.3, -0.25) is 0 Å². The van der Waals surface area contributed by atoms with Gasteiger partial charge in [0.2, 0.25) is 0 Å². The second-order valence-electron chi connectivity index (χ2n) is 5.40. The van der Waals surface area contributed by atoms with E-state index in [1.807, 2.05) is 0 Å². The van der Waals surface area contributed by atoms with Gasteiger partial charge in [-0.15, -0.1) is 12.6 Å². The SMILES string of the molecule is CCc1c(-c2nc3cc(C(F)(F)F)cnc3s2)ccc(C(F)(F)F)c1S. The minimum atomic E-state index is -4.55. The van der Waals surface area contributed by atoms with E-state index in [1.165, 1.54) is 6.07 Å². The van der Waals surface area contributed by atoms with Crippen molar-refractivity contribution >= 4 is 34.3 Å². The van der Waals surface area contributed by atoms with E-state index in [1.54, 1.807) is 6.92 Å². The highest BCUT2D eigenvalue weighted by Crippen LogP contribution is 2.41. The molecule has 0 bridgehead atoms. The summed E-state index contributed by atoms with van der Waals surface area (Å²) in [6, 6.07) is 3.04. The van der Waals surface area contributed by atoms with Gasteiger partial charge in [-0.25, -0.2) is 9.97 Å². The van der Waals surface area contributed by atoms with Crippen LogP contribution in [0, 0.1) is 0 Å². The number of aromatic nitrogens is 2. The van der Waals surface area contributed by atoms with Gasteiger partial charge >= 0.3 is 12.4 Å². The number of pyridine rings is 1. The number of thiazole rings is 1. The zero-order chi connectivity index (χ0) is 19.3. The predicted octanol–water partition coefficient (Wildman–Crippen LogP) is 6.25. The van der Waals surface area contributed by atoms with Crippen LogP contribution in [0.5, 0.6) is 0 Å². The smallest absolute Gasteiger partial charge is 0.243 e. The molecule has 0 unspecified atom stereocenters. The first kappa shape index (κ1) is 19.0. The highest BCUT2D eigenvalue weighted by molar-refractivity contribution is 7.80. The van der Waals surface area contributed by atoms with Gasteiger partial charge in [-0.05, 0) is 24.1 Å². The van der Waals surface area contributed by atoms with E-state index >= 15 is 0 Å². The molecule has 0 aliphatic rings. The van der Waals surface area contributed by atoms with Crippen molar-refractivity contribution in [3.63, 3.8) is 0 Å². The van der Waals surface area contributed by atoms with E-state index in [9.17, 15) is 26.3 Å². The Hall–Kier alpha value is -1.81. The number of hydrogen-bond acceptors (Lipinski definition) is 4. The first-order valence-corrected chi connectivity index (χ1v) is 8.55. The molecule has 1 aromatic carbocycles. The number of halogens is 6. The van der Waals surface area contributed by atoms with Gasteiger partial charge in [0.15, 0.2) is 0 Å². The number of nitrogens with zero attached hydrogens (tertiary/aromatic N) is 2. The molecule has 0 aliphatic carbocycles. The van der Waals surface area contributed by atoms with Crippen molar-refractivity contribution < 1.29 is 26.3 Å². The summed E-state index contributed by atoms with van der Waals surface area (Å²) in [5.41, 5.74) is -1.01. The lowest BCUT2D eigenvalue weighted by molar-refractivity contribution is -0.140. The number of thiol groups is 1. The van der Waals surface area contributed by atoms with E-state index in [0.717, 1.165) is 23.5 Å². The topological polar surface area (TPSA) is 25.8 Å². The summed E-state index contributed by atoms with van der Waals surface area (Å²) in [7, 11) is 0. The molecule has 0 radical (unpaired) electrons. The van der Waals surface area contributed by atoms with Gasteiger partial charge in [0.25, 0.3) is 0 Å². The molecule has 0 aliphatic heterocycles. The van der Waals surface area contributed by atoms with Gasteiger partial charge in [0.05, 0.1) is 11.1 Å². The van der Waals surface area contributed by atoms with Crippen molar-refractivity contribution in [1.82, 2.24) is 9.97 Å². The lowest BCUT2D eigenvalue weighted by Crippen LogP contribution is -2.08. The van der Waals surface area contributed by atoms with Gasteiger partial charge < -0.3 is 0 Å². The molecule has 2 aromatic heterocycles. The maximum atomic E-state index is 13.0. The third-order valence-electron chi connectivity index (χ3n) is 3.75. The first-order chi connectivity index (χ1) is 12.0. The molecule has 0 fully saturated rings.